The lowest BCUT2D eigenvalue weighted by Gasteiger charge is -2.35. The summed E-state index contributed by atoms with van der Waals surface area (Å²) in [5.41, 5.74) is 1.55. The molecule has 0 radical (unpaired) electrons. The summed E-state index contributed by atoms with van der Waals surface area (Å²) in [7, 11) is 0. The first-order valence-corrected chi connectivity index (χ1v) is 10.1. The van der Waals surface area contributed by atoms with Gasteiger partial charge in [-0.15, -0.1) is 0 Å². The molecule has 0 saturated carbocycles. The Morgan fingerprint density at radius 2 is 1.72 bits per heavy atom. The second kappa shape index (κ2) is 9.12. The molecule has 0 N–H and O–H groups in total. The maximum atomic E-state index is 12.6. The van der Waals surface area contributed by atoms with Crippen molar-refractivity contribution in [3.8, 4) is 5.75 Å². The van der Waals surface area contributed by atoms with Crippen molar-refractivity contribution in [3.63, 3.8) is 0 Å². The molecule has 0 bridgehead atoms. The molecule has 154 valence electrons. The Morgan fingerprint density at radius 1 is 1.03 bits per heavy atom. The highest BCUT2D eigenvalue weighted by Crippen LogP contribution is 2.25. The Balaban J connectivity index is 1.62. The van der Waals surface area contributed by atoms with Crippen molar-refractivity contribution in [1.82, 2.24) is 4.90 Å². The Hall–Kier alpha value is -2.82. The maximum absolute atomic E-state index is 12.6. The molecule has 5 heteroatoms. The van der Waals surface area contributed by atoms with Gasteiger partial charge in [-0.05, 0) is 63.3 Å². The largest absolute Gasteiger partial charge is 0.489 e. The molecule has 3 rings (SSSR count). The standard InChI is InChI=1S/C24H29NO4/c1-24(2,3)29-23(27)25-20(10-7-11-22(25)26)16-18-12-14-21(15-13-18)28-17-19-8-5-4-6-9-19/h4-6,8-9,12-15,20H,7,10-11,16-17H2,1-3H3/t20-/m1/s1. The smallest absolute Gasteiger partial charge is 0.417 e. The molecule has 2 amide bonds. The second-order valence-electron chi connectivity index (χ2n) is 8.41. The molecule has 1 saturated heterocycles. The molecule has 0 unspecified atom stereocenters. The SMILES string of the molecule is CC(C)(C)OC(=O)N1C(=O)CCC[C@@H]1Cc1ccc(OCc2ccccc2)cc1. The van der Waals surface area contributed by atoms with Crippen LogP contribution in [0.15, 0.2) is 54.6 Å². The van der Waals surface area contributed by atoms with E-state index in [0.29, 0.717) is 19.4 Å². The summed E-state index contributed by atoms with van der Waals surface area (Å²) in [5, 5.41) is 0. The Morgan fingerprint density at radius 3 is 2.38 bits per heavy atom. The molecular weight excluding hydrogens is 366 g/mol. The molecule has 1 aliphatic rings. The van der Waals surface area contributed by atoms with Gasteiger partial charge in [-0.3, -0.25) is 4.79 Å². The second-order valence-corrected chi connectivity index (χ2v) is 8.41. The van der Waals surface area contributed by atoms with Crippen LogP contribution >= 0.6 is 0 Å². The monoisotopic (exact) mass is 395 g/mol. The average molecular weight is 395 g/mol. The zero-order valence-electron chi connectivity index (χ0n) is 17.4. The van der Waals surface area contributed by atoms with Crippen LogP contribution in [0.5, 0.6) is 5.75 Å². The predicted molar refractivity (Wildman–Crippen MR) is 112 cm³/mol. The van der Waals surface area contributed by atoms with Crippen LogP contribution in [0.25, 0.3) is 0 Å². The van der Waals surface area contributed by atoms with Gasteiger partial charge in [-0.2, -0.15) is 0 Å². The summed E-state index contributed by atoms with van der Waals surface area (Å²) in [4.78, 5) is 26.3. The molecule has 5 nitrogen and oxygen atoms in total. The van der Waals surface area contributed by atoms with Gasteiger partial charge in [0.1, 0.15) is 18.0 Å². The number of rotatable bonds is 5. The lowest BCUT2D eigenvalue weighted by molar-refractivity contribution is -0.135. The molecule has 0 aromatic heterocycles. The minimum atomic E-state index is -0.628. The summed E-state index contributed by atoms with van der Waals surface area (Å²) in [6, 6.07) is 17.7. The first-order chi connectivity index (χ1) is 13.8. The van der Waals surface area contributed by atoms with Gasteiger partial charge in [0.2, 0.25) is 5.91 Å². The van der Waals surface area contributed by atoms with Gasteiger partial charge < -0.3 is 9.47 Å². The van der Waals surface area contributed by atoms with Gasteiger partial charge in [-0.25, -0.2) is 9.69 Å². The summed E-state index contributed by atoms with van der Waals surface area (Å²) in [6.45, 7) is 5.94. The van der Waals surface area contributed by atoms with Crippen molar-refractivity contribution >= 4 is 12.0 Å². The van der Waals surface area contributed by atoms with E-state index in [1.54, 1.807) is 0 Å². The Labute approximate surface area is 172 Å². The van der Waals surface area contributed by atoms with E-state index in [1.807, 2.05) is 75.4 Å². The van der Waals surface area contributed by atoms with Gasteiger partial charge in [0.05, 0.1) is 0 Å². The lowest BCUT2D eigenvalue weighted by atomic mass is 9.95. The lowest BCUT2D eigenvalue weighted by Crippen LogP contribution is -2.50. The summed E-state index contributed by atoms with van der Waals surface area (Å²) < 4.78 is 11.3. The number of amides is 2. The molecular formula is C24H29NO4. The van der Waals surface area contributed by atoms with E-state index in [2.05, 4.69) is 0 Å². The van der Waals surface area contributed by atoms with Crippen LogP contribution in [-0.2, 0) is 22.6 Å². The third-order valence-corrected chi connectivity index (χ3v) is 4.80. The number of carbonyl (C=O) groups excluding carboxylic acids is 2. The van der Waals surface area contributed by atoms with Crippen molar-refractivity contribution in [2.24, 2.45) is 0 Å². The minimum Gasteiger partial charge on any atom is -0.489 e. The number of imide groups is 1. The number of hydrogen-bond acceptors (Lipinski definition) is 4. The number of ether oxygens (including phenoxy) is 2. The van der Waals surface area contributed by atoms with E-state index in [0.717, 1.165) is 29.7 Å². The minimum absolute atomic E-state index is 0.154. The molecule has 29 heavy (non-hydrogen) atoms. The molecule has 0 spiro atoms. The summed E-state index contributed by atoms with van der Waals surface area (Å²) in [5.74, 6) is 0.639. The van der Waals surface area contributed by atoms with Crippen LogP contribution < -0.4 is 4.74 Å². The molecule has 0 aliphatic carbocycles. The summed E-state index contributed by atoms with van der Waals surface area (Å²) >= 11 is 0. The average Bonchev–Trinajstić information content (AvgIpc) is 2.67. The summed E-state index contributed by atoms with van der Waals surface area (Å²) in [6.07, 6.45) is 2.04. The fraction of sp³-hybridized carbons (Fsp3) is 0.417. The molecule has 1 atom stereocenters. The molecule has 2 aromatic rings. The first kappa shape index (κ1) is 20.9. The van der Waals surface area contributed by atoms with Gasteiger partial charge in [0, 0.05) is 12.5 Å². The van der Waals surface area contributed by atoms with E-state index in [9.17, 15) is 9.59 Å². The van der Waals surface area contributed by atoms with E-state index in [1.165, 1.54) is 4.90 Å². The molecule has 1 heterocycles. The van der Waals surface area contributed by atoms with Gasteiger partial charge in [0.25, 0.3) is 0 Å². The fourth-order valence-electron chi connectivity index (χ4n) is 3.43. The van der Waals surface area contributed by atoms with Crippen molar-refractivity contribution in [2.45, 2.75) is 64.7 Å². The van der Waals surface area contributed by atoms with E-state index < -0.39 is 11.7 Å². The zero-order valence-corrected chi connectivity index (χ0v) is 17.4. The maximum Gasteiger partial charge on any atom is 0.417 e. The van der Waals surface area contributed by atoms with E-state index >= 15 is 0 Å². The van der Waals surface area contributed by atoms with Crippen LogP contribution in [0, 0.1) is 0 Å². The number of nitrogens with zero attached hydrogens (tertiary/aromatic N) is 1. The zero-order chi connectivity index (χ0) is 20.9. The molecule has 1 aliphatic heterocycles. The number of carbonyl (C=O) groups is 2. The van der Waals surface area contributed by atoms with Crippen molar-refractivity contribution in [2.75, 3.05) is 0 Å². The third-order valence-electron chi connectivity index (χ3n) is 4.80. The number of piperidine rings is 1. The normalized spacial score (nSPS) is 17.1. The molecule has 2 aromatic carbocycles. The quantitative estimate of drug-likeness (QED) is 0.705. The highest BCUT2D eigenvalue weighted by atomic mass is 16.6. The number of benzene rings is 2. The van der Waals surface area contributed by atoms with Gasteiger partial charge >= 0.3 is 6.09 Å². The Bertz CT molecular complexity index is 824. The van der Waals surface area contributed by atoms with Crippen LogP contribution in [0.3, 0.4) is 0 Å². The third kappa shape index (κ3) is 6.08. The predicted octanol–water partition coefficient (Wildman–Crippen LogP) is 5.12. The van der Waals surface area contributed by atoms with Gasteiger partial charge in [0.15, 0.2) is 0 Å². The van der Waals surface area contributed by atoms with Crippen LogP contribution in [-0.4, -0.2) is 28.5 Å². The molecule has 1 fully saturated rings. The van der Waals surface area contributed by atoms with Crippen molar-refractivity contribution in [1.29, 1.82) is 0 Å². The van der Waals surface area contributed by atoms with Crippen molar-refractivity contribution in [3.05, 3.63) is 65.7 Å². The fourth-order valence-corrected chi connectivity index (χ4v) is 3.43. The van der Waals surface area contributed by atoms with Gasteiger partial charge in [-0.1, -0.05) is 42.5 Å². The first-order valence-electron chi connectivity index (χ1n) is 10.1. The van der Waals surface area contributed by atoms with E-state index in [4.69, 9.17) is 9.47 Å². The highest BCUT2D eigenvalue weighted by Gasteiger charge is 2.35. The Kier molecular flexibility index (Phi) is 6.57. The highest BCUT2D eigenvalue weighted by molar-refractivity contribution is 5.93. The van der Waals surface area contributed by atoms with Crippen LogP contribution in [0.2, 0.25) is 0 Å². The van der Waals surface area contributed by atoms with Crippen LogP contribution in [0.4, 0.5) is 4.79 Å². The topological polar surface area (TPSA) is 55.8 Å². The van der Waals surface area contributed by atoms with E-state index in [-0.39, 0.29) is 11.9 Å². The van der Waals surface area contributed by atoms with Crippen LogP contribution in [0.1, 0.15) is 51.2 Å². The number of hydrogen-bond donors (Lipinski definition) is 0. The number of likely N-dealkylation sites (tertiary alicyclic amines) is 1. The van der Waals surface area contributed by atoms with Crippen molar-refractivity contribution < 1.29 is 19.1 Å².